The Morgan fingerprint density at radius 1 is 1.38 bits per heavy atom. The van der Waals surface area contributed by atoms with Gasteiger partial charge in [-0.1, -0.05) is 0 Å². The first kappa shape index (κ1) is 7.93. The molecular weight excluding hydrogens is 170 g/mol. The van der Waals surface area contributed by atoms with Crippen LogP contribution in [0.1, 0.15) is 0 Å². The van der Waals surface area contributed by atoms with Gasteiger partial charge in [0.1, 0.15) is 0 Å². The smallest absolute Gasteiger partial charge is 0.223 e. The van der Waals surface area contributed by atoms with E-state index in [-0.39, 0.29) is 16.3 Å². The van der Waals surface area contributed by atoms with Crippen LogP contribution in [0.15, 0.2) is 4.99 Å². The van der Waals surface area contributed by atoms with Gasteiger partial charge >= 0.3 is 0 Å². The summed E-state index contributed by atoms with van der Waals surface area (Å²) in [7, 11) is 3.66. The molecule has 2 N–H and O–H groups in total. The quantitative estimate of drug-likeness (QED) is 0.537. The fourth-order valence-electron chi connectivity index (χ4n) is 1.29. The van der Waals surface area contributed by atoms with E-state index in [0.717, 1.165) is 0 Å². The largest absolute Gasteiger partial charge is 0.854 e. The molecule has 0 saturated heterocycles. The van der Waals surface area contributed by atoms with Crippen LogP contribution in [0.4, 0.5) is 17.5 Å². The van der Waals surface area contributed by atoms with Crippen molar-refractivity contribution >= 4 is 23.8 Å². The summed E-state index contributed by atoms with van der Waals surface area (Å²) in [6, 6.07) is 0. The number of rotatable bonds is 0. The first-order valence-corrected chi connectivity index (χ1v) is 3.75. The van der Waals surface area contributed by atoms with Gasteiger partial charge in [0, 0.05) is 0 Å². The molecular formula is C7H9N5O. The van der Waals surface area contributed by atoms with E-state index in [2.05, 4.69) is 15.0 Å². The molecule has 0 bridgehead atoms. The Morgan fingerprint density at radius 3 is 2.77 bits per heavy atom. The van der Waals surface area contributed by atoms with Gasteiger partial charge in [-0.15, -0.1) is 0 Å². The molecule has 1 aromatic rings. The number of aromatic nitrogens is 2. The van der Waals surface area contributed by atoms with Crippen molar-refractivity contribution in [1.29, 1.82) is 0 Å². The summed E-state index contributed by atoms with van der Waals surface area (Å²) in [5.41, 5.74) is 5.78. The number of nitrogens with zero attached hydrogens (tertiary/aromatic N) is 4. The van der Waals surface area contributed by atoms with Crippen molar-refractivity contribution in [2.24, 2.45) is 4.99 Å². The minimum absolute atomic E-state index is 0.0252. The van der Waals surface area contributed by atoms with Crippen LogP contribution < -0.4 is 15.3 Å². The van der Waals surface area contributed by atoms with E-state index in [0.29, 0.717) is 11.5 Å². The lowest BCUT2D eigenvalue weighted by molar-refractivity contribution is -0.274. The topological polar surface area (TPSA) is 87.2 Å². The molecule has 0 atom stereocenters. The zero-order chi connectivity index (χ0) is 9.64. The highest BCUT2D eigenvalue weighted by atomic mass is 16.3. The van der Waals surface area contributed by atoms with Gasteiger partial charge in [0.05, 0.1) is 20.0 Å². The van der Waals surface area contributed by atoms with Crippen molar-refractivity contribution < 1.29 is 5.11 Å². The van der Waals surface area contributed by atoms with Gasteiger partial charge < -0.3 is 10.8 Å². The monoisotopic (exact) mass is 179 g/mol. The Bertz CT molecular complexity index is 398. The van der Waals surface area contributed by atoms with Gasteiger partial charge in [-0.25, -0.2) is 9.47 Å². The van der Waals surface area contributed by atoms with E-state index in [1.54, 1.807) is 6.34 Å². The number of quaternary nitrogens is 1. The summed E-state index contributed by atoms with van der Waals surface area (Å²) in [6.45, 7) is 0. The predicted molar refractivity (Wildman–Crippen MR) is 47.7 cm³/mol. The van der Waals surface area contributed by atoms with E-state index in [9.17, 15) is 5.11 Å². The summed E-state index contributed by atoms with van der Waals surface area (Å²) in [5, 5.41) is 11.4. The van der Waals surface area contributed by atoms with Crippen molar-refractivity contribution in [2.75, 3.05) is 19.8 Å². The highest BCUT2D eigenvalue weighted by molar-refractivity contribution is 5.88. The van der Waals surface area contributed by atoms with E-state index in [1.807, 2.05) is 14.1 Å². The fraction of sp³-hybridized carbons (Fsp3) is 0.286. The zero-order valence-corrected chi connectivity index (χ0v) is 7.35. The Kier molecular flexibility index (Phi) is 1.32. The number of hydrogen-bond acceptors (Lipinski definition) is 5. The highest BCUT2D eigenvalue weighted by Gasteiger charge is 2.30. The molecule has 68 valence electrons. The lowest BCUT2D eigenvalue weighted by Gasteiger charge is -2.22. The zero-order valence-electron chi connectivity index (χ0n) is 7.35. The van der Waals surface area contributed by atoms with Gasteiger partial charge in [0.25, 0.3) is 0 Å². The van der Waals surface area contributed by atoms with Crippen LogP contribution in [0.25, 0.3) is 0 Å². The third kappa shape index (κ3) is 1.03. The van der Waals surface area contributed by atoms with Crippen LogP contribution in [0, 0.1) is 0 Å². The van der Waals surface area contributed by atoms with Crippen molar-refractivity contribution in [3.05, 3.63) is 0 Å². The molecule has 1 aliphatic heterocycles. The fourth-order valence-corrected chi connectivity index (χ4v) is 1.29. The predicted octanol–water partition coefficient (Wildman–Crippen LogP) is -0.627. The van der Waals surface area contributed by atoms with Crippen molar-refractivity contribution in [3.63, 3.8) is 0 Å². The van der Waals surface area contributed by atoms with E-state index in [1.165, 1.54) is 0 Å². The molecule has 0 amide bonds. The molecule has 0 radical (unpaired) electrons. The van der Waals surface area contributed by atoms with Crippen molar-refractivity contribution in [3.8, 4) is 5.88 Å². The Hall–Kier alpha value is -1.69. The molecule has 0 spiro atoms. The Balaban J connectivity index is 2.71. The molecule has 13 heavy (non-hydrogen) atoms. The summed E-state index contributed by atoms with van der Waals surface area (Å²) in [5.74, 6) is -0.00435. The highest BCUT2D eigenvalue weighted by Crippen LogP contribution is 2.38. The molecule has 2 rings (SSSR count). The molecule has 6 nitrogen and oxygen atoms in total. The lowest BCUT2D eigenvalue weighted by atomic mass is 10.4. The molecule has 0 aliphatic carbocycles. The summed E-state index contributed by atoms with van der Waals surface area (Å²) >= 11 is 0. The standard InChI is InChI=1S/C7H9N5O/c1-12(2)3-9-5-4(12)6(13)11-7(8)10-5/h3H,1-2H3,(H2-,8,10,11,13). The Morgan fingerprint density at radius 2 is 2.08 bits per heavy atom. The maximum absolute atomic E-state index is 11.4. The number of nitrogens with two attached hydrogens (primary N) is 1. The Labute approximate surface area is 75.0 Å². The first-order chi connectivity index (χ1) is 6.00. The SMILES string of the molecule is C[N+]1(C)C=Nc2nc(N)nc([O-])c21. The van der Waals surface area contributed by atoms with E-state index >= 15 is 0 Å². The number of hydrogen-bond donors (Lipinski definition) is 1. The van der Waals surface area contributed by atoms with Crippen LogP contribution in [-0.2, 0) is 0 Å². The minimum atomic E-state index is -0.356. The maximum Gasteiger partial charge on any atom is 0.223 e. The summed E-state index contributed by atoms with van der Waals surface area (Å²) in [6.07, 6.45) is 1.63. The van der Waals surface area contributed by atoms with Gasteiger partial charge in [-0.2, -0.15) is 9.98 Å². The first-order valence-electron chi connectivity index (χ1n) is 3.75. The summed E-state index contributed by atoms with van der Waals surface area (Å²) in [4.78, 5) is 11.4. The van der Waals surface area contributed by atoms with Crippen LogP contribution in [0.5, 0.6) is 5.88 Å². The molecule has 1 aromatic heterocycles. The molecule has 0 fully saturated rings. The van der Waals surface area contributed by atoms with Crippen LogP contribution in [0.3, 0.4) is 0 Å². The van der Waals surface area contributed by atoms with Gasteiger partial charge in [0.15, 0.2) is 12.0 Å². The van der Waals surface area contributed by atoms with Gasteiger partial charge in [-0.3, -0.25) is 0 Å². The average molecular weight is 179 g/mol. The van der Waals surface area contributed by atoms with Crippen molar-refractivity contribution in [1.82, 2.24) is 14.5 Å². The van der Waals surface area contributed by atoms with E-state index < -0.39 is 0 Å². The number of anilines is 1. The van der Waals surface area contributed by atoms with Crippen molar-refractivity contribution in [2.45, 2.75) is 0 Å². The number of fused-ring (bicyclic) bond motifs is 1. The van der Waals surface area contributed by atoms with Crippen LogP contribution in [-0.4, -0.2) is 30.4 Å². The second-order valence-electron chi connectivity index (χ2n) is 3.34. The van der Waals surface area contributed by atoms with Crippen LogP contribution >= 0.6 is 0 Å². The number of nitrogen functional groups attached to an aromatic ring is 1. The second kappa shape index (κ2) is 2.17. The van der Waals surface area contributed by atoms with Crippen LogP contribution in [0.2, 0.25) is 0 Å². The minimum Gasteiger partial charge on any atom is -0.854 e. The van der Waals surface area contributed by atoms with Gasteiger partial charge in [-0.05, 0) is 0 Å². The third-order valence-electron chi connectivity index (χ3n) is 1.90. The molecule has 2 heterocycles. The third-order valence-corrected chi connectivity index (χ3v) is 1.90. The molecule has 6 heteroatoms. The maximum atomic E-state index is 11.4. The van der Waals surface area contributed by atoms with Gasteiger partial charge in [0.2, 0.25) is 11.8 Å². The molecule has 0 unspecified atom stereocenters. The number of aliphatic imine (C=N–C) groups is 1. The molecule has 0 aromatic carbocycles. The average Bonchev–Trinajstić information content (AvgIpc) is 2.26. The second-order valence-corrected chi connectivity index (χ2v) is 3.34. The lowest BCUT2D eigenvalue weighted by Crippen LogP contribution is -2.37. The normalized spacial score (nSPS) is 17.4. The van der Waals surface area contributed by atoms with E-state index in [4.69, 9.17) is 5.73 Å². The molecule has 1 aliphatic rings. The summed E-state index contributed by atoms with van der Waals surface area (Å²) < 4.78 is 0.272. The molecule has 0 saturated carbocycles.